The zero-order valence-electron chi connectivity index (χ0n) is 21.8. The first-order valence-corrected chi connectivity index (χ1v) is 12.8. The molecule has 8 heteroatoms. The highest BCUT2D eigenvalue weighted by atomic mass is 16.5. The zero-order valence-corrected chi connectivity index (χ0v) is 21.8. The molecule has 0 fully saturated rings. The maximum Gasteiger partial charge on any atom is 0.338 e. The molecule has 1 amide bonds. The van der Waals surface area contributed by atoms with Crippen LogP contribution in [0.1, 0.15) is 35.1 Å². The lowest BCUT2D eigenvalue weighted by Crippen LogP contribution is -2.14. The van der Waals surface area contributed by atoms with Gasteiger partial charge in [0.05, 0.1) is 34.8 Å². The fourth-order valence-corrected chi connectivity index (χ4v) is 4.31. The Morgan fingerprint density at radius 2 is 1.68 bits per heavy atom. The number of nitrogens with zero attached hydrogens (tertiary/aromatic N) is 4. The van der Waals surface area contributed by atoms with Gasteiger partial charge in [-0.3, -0.25) is 9.78 Å². The third kappa shape index (κ3) is 5.84. The van der Waals surface area contributed by atoms with Crippen molar-refractivity contribution in [2.75, 3.05) is 11.9 Å². The predicted molar refractivity (Wildman–Crippen MR) is 152 cm³/mol. The Bertz CT molecular complexity index is 1730. The van der Waals surface area contributed by atoms with E-state index in [0.29, 0.717) is 28.3 Å². The number of aromatic nitrogens is 3. The first kappa shape index (κ1) is 26.2. The van der Waals surface area contributed by atoms with Gasteiger partial charge in [-0.05, 0) is 49.4 Å². The van der Waals surface area contributed by atoms with Gasteiger partial charge in [-0.15, -0.1) is 0 Å². The quantitative estimate of drug-likeness (QED) is 0.247. The fourth-order valence-electron chi connectivity index (χ4n) is 4.31. The highest BCUT2D eigenvalue weighted by Crippen LogP contribution is 2.32. The van der Waals surface area contributed by atoms with Gasteiger partial charge in [0.25, 0.3) is 0 Å². The second kappa shape index (κ2) is 12.0. The molecule has 2 heterocycles. The van der Waals surface area contributed by atoms with E-state index in [9.17, 15) is 14.9 Å². The molecule has 2 aromatic heterocycles. The van der Waals surface area contributed by atoms with Gasteiger partial charge < -0.3 is 10.1 Å². The Hall–Kier alpha value is -5.42. The van der Waals surface area contributed by atoms with E-state index in [4.69, 9.17) is 14.7 Å². The molecule has 0 bridgehead atoms. The monoisotopic (exact) mass is 527 g/mol. The SMILES string of the molecule is CCOC(=O)c1ccc(NC(=O)CCc2nc(-c3ccccc3)c(-c3ccc4ncccc4c3)nc2C#N)cc1. The average molecular weight is 528 g/mol. The molecule has 0 spiro atoms. The first-order valence-electron chi connectivity index (χ1n) is 12.8. The van der Waals surface area contributed by atoms with Crippen molar-refractivity contribution in [3.63, 3.8) is 0 Å². The van der Waals surface area contributed by atoms with Gasteiger partial charge in [-0.2, -0.15) is 5.26 Å². The molecule has 40 heavy (non-hydrogen) atoms. The standard InChI is InChI=1S/C32H25N5O3/c1-2-40-32(39)22-10-13-25(14-11-22)35-29(38)17-16-27-28(20-33)37-31(30(36-27)21-7-4-3-5-8-21)24-12-15-26-23(19-24)9-6-18-34-26/h3-15,18-19H,2,16-17H2,1H3,(H,35,38). The molecular formula is C32H25N5O3. The van der Waals surface area contributed by atoms with E-state index in [-0.39, 0.29) is 31.0 Å². The molecule has 0 aliphatic rings. The number of benzene rings is 3. The molecule has 0 atom stereocenters. The Kier molecular flexibility index (Phi) is 7.84. The summed E-state index contributed by atoms with van der Waals surface area (Å²) < 4.78 is 4.99. The highest BCUT2D eigenvalue weighted by molar-refractivity contribution is 5.93. The maximum atomic E-state index is 12.7. The molecule has 0 saturated carbocycles. The lowest BCUT2D eigenvalue weighted by Gasteiger charge is -2.13. The zero-order chi connectivity index (χ0) is 27.9. The average Bonchev–Trinajstić information content (AvgIpc) is 3.00. The molecule has 1 N–H and O–H groups in total. The molecule has 0 radical (unpaired) electrons. The Labute approximate surface area is 231 Å². The molecule has 0 aliphatic heterocycles. The van der Waals surface area contributed by atoms with Crippen molar-refractivity contribution in [1.29, 1.82) is 5.26 Å². The summed E-state index contributed by atoms with van der Waals surface area (Å²) in [4.78, 5) is 38.6. The minimum Gasteiger partial charge on any atom is -0.462 e. The summed E-state index contributed by atoms with van der Waals surface area (Å²) in [5.74, 6) is -0.664. The summed E-state index contributed by atoms with van der Waals surface area (Å²) in [5.41, 5.74) is 5.33. The Morgan fingerprint density at radius 3 is 2.42 bits per heavy atom. The van der Waals surface area contributed by atoms with Crippen LogP contribution in [-0.4, -0.2) is 33.4 Å². The number of hydrogen-bond donors (Lipinski definition) is 1. The number of hydrogen-bond acceptors (Lipinski definition) is 7. The van der Waals surface area contributed by atoms with Gasteiger partial charge in [0.2, 0.25) is 5.91 Å². The van der Waals surface area contributed by atoms with Crippen molar-refractivity contribution in [3.8, 4) is 28.6 Å². The van der Waals surface area contributed by atoms with Crippen LogP contribution in [0.25, 0.3) is 33.4 Å². The number of ether oxygens (including phenoxy) is 1. The highest BCUT2D eigenvalue weighted by Gasteiger charge is 2.18. The molecule has 196 valence electrons. The van der Waals surface area contributed by atoms with Gasteiger partial charge in [0.15, 0.2) is 5.69 Å². The molecule has 0 unspecified atom stereocenters. The second-order valence-corrected chi connectivity index (χ2v) is 8.95. The summed E-state index contributed by atoms with van der Waals surface area (Å²) in [7, 11) is 0. The molecule has 5 rings (SSSR count). The number of nitriles is 1. The Morgan fingerprint density at radius 1 is 0.900 bits per heavy atom. The van der Waals surface area contributed by atoms with Crippen LogP contribution >= 0.6 is 0 Å². The van der Waals surface area contributed by atoms with Gasteiger partial charge in [0.1, 0.15) is 6.07 Å². The van der Waals surface area contributed by atoms with E-state index in [1.807, 2.05) is 60.7 Å². The van der Waals surface area contributed by atoms with Crippen LogP contribution < -0.4 is 5.32 Å². The number of rotatable bonds is 8. The number of esters is 1. The van der Waals surface area contributed by atoms with E-state index < -0.39 is 5.97 Å². The van der Waals surface area contributed by atoms with Crippen LogP contribution in [0.3, 0.4) is 0 Å². The van der Waals surface area contributed by atoms with Gasteiger partial charge in [-0.1, -0.05) is 42.5 Å². The van der Waals surface area contributed by atoms with E-state index in [1.165, 1.54) is 0 Å². The number of anilines is 1. The van der Waals surface area contributed by atoms with Crippen molar-refractivity contribution >= 4 is 28.5 Å². The van der Waals surface area contributed by atoms with Crippen LogP contribution in [0, 0.1) is 11.3 Å². The topological polar surface area (TPSA) is 118 Å². The summed E-state index contributed by atoms with van der Waals surface area (Å²) in [6.45, 7) is 2.03. The van der Waals surface area contributed by atoms with Gasteiger partial charge in [-0.25, -0.2) is 14.8 Å². The number of amides is 1. The van der Waals surface area contributed by atoms with Crippen molar-refractivity contribution in [3.05, 3.63) is 108 Å². The minimum atomic E-state index is -0.416. The maximum absolute atomic E-state index is 12.7. The minimum absolute atomic E-state index is 0.0954. The molecule has 3 aromatic carbocycles. The van der Waals surface area contributed by atoms with Crippen LogP contribution in [0.15, 0.2) is 91.1 Å². The van der Waals surface area contributed by atoms with E-state index in [2.05, 4.69) is 16.4 Å². The molecule has 0 aliphatic carbocycles. The van der Waals surface area contributed by atoms with Crippen molar-refractivity contribution < 1.29 is 14.3 Å². The second-order valence-electron chi connectivity index (χ2n) is 8.95. The summed E-state index contributed by atoms with van der Waals surface area (Å²) in [6, 6.07) is 28.0. The first-order chi connectivity index (χ1) is 19.6. The van der Waals surface area contributed by atoms with E-state index in [0.717, 1.165) is 22.0 Å². The molecular weight excluding hydrogens is 502 g/mol. The van der Waals surface area contributed by atoms with Crippen molar-refractivity contribution in [1.82, 2.24) is 15.0 Å². The summed E-state index contributed by atoms with van der Waals surface area (Å²) in [6.07, 6.45) is 2.07. The van der Waals surface area contributed by atoms with Crippen LogP contribution in [0.2, 0.25) is 0 Å². The number of pyridine rings is 1. The molecule has 5 aromatic rings. The fraction of sp³-hybridized carbons (Fsp3) is 0.125. The summed E-state index contributed by atoms with van der Waals surface area (Å²) in [5, 5.41) is 13.7. The molecule has 8 nitrogen and oxygen atoms in total. The third-order valence-electron chi connectivity index (χ3n) is 6.27. The Balaban J connectivity index is 1.41. The number of aryl methyl sites for hydroxylation is 1. The van der Waals surface area contributed by atoms with Crippen molar-refractivity contribution in [2.45, 2.75) is 19.8 Å². The van der Waals surface area contributed by atoms with Crippen molar-refractivity contribution in [2.24, 2.45) is 0 Å². The largest absolute Gasteiger partial charge is 0.462 e. The predicted octanol–water partition coefficient (Wildman–Crippen LogP) is 5.98. The van der Waals surface area contributed by atoms with Crippen LogP contribution in [0.4, 0.5) is 5.69 Å². The lowest BCUT2D eigenvalue weighted by atomic mass is 10.0. The normalized spacial score (nSPS) is 10.6. The van der Waals surface area contributed by atoms with Gasteiger partial charge >= 0.3 is 5.97 Å². The van der Waals surface area contributed by atoms with Gasteiger partial charge in [0, 0.05) is 41.2 Å². The van der Waals surface area contributed by atoms with E-state index in [1.54, 1.807) is 37.4 Å². The number of nitrogens with one attached hydrogen (secondary N) is 1. The number of carbonyl (C=O) groups excluding carboxylic acids is 2. The third-order valence-corrected chi connectivity index (χ3v) is 6.27. The van der Waals surface area contributed by atoms with E-state index >= 15 is 0 Å². The smallest absolute Gasteiger partial charge is 0.338 e. The number of carbonyl (C=O) groups is 2. The van der Waals surface area contributed by atoms with Crippen LogP contribution in [0.5, 0.6) is 0 Å². The molecule has 0 saturated heterocycles. The lowest BCUT2D eigenvalue weighted by molar-refractivity contribution is -0.116. The summed E-state index contributed by atoms with van der Waals surface area (Å²) >= 11 is 0. The van der Waals surface area contributed by atoms with Crippen LogP contribution in [-0.2, 0) is 16.0 Å². The number of fused-ring (bicyclic) bond motifs is 1.